The van der Waals surface area contributed by atoms with Crippen LogP contribution >= 0.6 is 0 Å². The molecule has 2 aromatic carbocycles. The van der Waals surface area contributed by atoms with Gasteiger partial charge in [-0.2, -0.15) is 5.26 Å². The van der Waals surface area contributed by atoms with E-state index in [4.69, 9.17) is 5.26 Å². The fraction of sp³-hybridized carbons (Fsp3) is 0. The maximum Gasteiger partial charge on any atom is 0.432 e. The summed E-state index contributed by atoms with van der Waals surface area (Å²) in [5, 5.41) is 18.7. The van der Waals surface area contributed by atoms with Crippen LogP contribution < -0.4 is 0 Å². The van der Waals surface area contributed by atoms with E-state index in [9.17, 15) is 10.1 Å². The van der Waals surface area contributed by atoms with Crippen molar-refractivity contribution in [1.29, 1.82) is 5.26 Å². The first kappa shape index (κ1) is 14.9. The van der Waals surface area contributed by atoms with E-state index >= 15 is 0 Å². The summed E-state index contributed by atoms with van der Waals surface area (Å²) in [4.78, 5) is 14.9. The van der Waals surface area contributed by atoms with E-state index < -0.39 is 4.92 Å². The summed E-state index contributed by atoms with van der Waals surface area (Å²) in [6.45, 7) is 0. The third-order valence-corrected chi connectivity index (χ3v) is 2.79. The van der Waals surface area contributed by atoms with Crippen molar-refractivity contribution in [2.45, 2.75) is 0 Å². The Morgan fingerprint density at radius 1 is 1.09 bits per heavy atom. The van der Waals surface area contributed by atoms with E-state index in [2.05, 4.69) is 16.0 Å². The Labute approximate surface area is 126 Å². The van der Waals surface area contributed by atoms with Crippen molar-refractivity contribution >= 4 is 5.95 Å². The predicted molar refractivity (Wildman–Crippen MR) is 81.8 cm³/mol. The highest BCUT2D eigenvalue weighted by Crippen LogP contribution is 2.22. The summed E-state index contributed by atoms with van der Waals surface area (Å²) in [6.07, 6.45) is 2.73. The Kier molecular flexibility index (Phi) is 5.00. The molecule has 22 heavy (non-hydrogen) atoms. The second-order valence-electron chi connectivity index (χ2n) is 4.19. The van der Waals surface area contributed by atoms with Crippen molar-refractivity contribution in [1.82, 2.24) is 9.97 Å². The van der Waals surface area contributed by atoms with Gasteiger partial charge in [-0.25, -0.2) is 4.98 Å². The molecule has 6 heteroatoms. The maximum absolute atomic E-state index is 9.77. The number of nitriles is 1. The Morgan fingerprint density at radius 3 is 2.32 bits per heavy atom. The first-order chi connectivity index (χ1) is 10.7. The lowest BCUT2D eigenvalue weighted by Gasteiger charge is -2.02. The van der Waals surface area contributed by atoms with Crippen LogP contribution in [0.3, 0.4) is 0 Å². The minimum atomic E-state index is -0.583. The van der Waals surface area contributed by atoms with Crippen molar-refractivity contribution in [3.63, 3.8) is 0 Å². The summed E-state index contributed by atoms with van der Waals surface area (Å²) >= 11 is 0. The highest BCUT2D eigenvalue weighted by atomic mass is 16.6. The number of hydrogen-bond donors (Lipinski definition) is 1. The molecule has 3 aromatic rings. The summed E-state index contributed by atoms with van der Waals surface area (Å²) in [5.74, 6) is -0.218. The number of imidazole rings is 1. The number of nitrogens with one attached hydrogen (secondary N) is 1. The Balaban J connectivity index is 0.000000188. The summed E-state index contributed by atoms with van der Waals surface area (Å²) < 4.78 is 0. The molecule has 0 bridgehead atoms. The van der Waals surface area contributed by atoms with Gasteiger partial charge in [0.2, 0.25) is 0 Å². The number of H-pyrrole nitrogens is 1. The first-order valence-corrected chi connectivity index (χ1v) is 6.40. The number of benzene rings is 2. The number of nitro groups is 1. The topological polar surface area (TPSA) is 95.6 Å². The average molecular weight is 292 g/mol. The van der Waals surface area contributed by atoms with Gasteiger partial charge in [0.05, 0.1) is 17.8 Å². The normalized spacial score (nSPS) is 9.23. The number of nitrogens with zero attached hydrogens (tertiary/aromatic N) is 3. The molecule has 0 radical (unpaired) electrons. The average Bonchev–Trinajstić information content (AvgIpc) is 3.11. The SMILES string of the molecule is N#Cc1ccccc1-c1ccccc1.O=[N+]([O-])c1ncc[nH]1. The molecular formula is C16H12N4O2. The van der Waals surface area contributed by atoms with Gasteiger partial charge in [0.1, 0.15) is 6.20 Å². The lowest BCUT2D eigenvalue weighted by molar-refractivity contribution is -0.393. The molecule has 1 aromatic heterocycles. The summed E-state index contributed by atoms with van der Waals surface area (Å²) in [7, 11) is 0. The second-order valence-corrected chi connectivity index (χ2v) is 4.19. The Hall–Kier alpha value is -3.46. The van der Waals surface area contributed by atoms with Crippen LogP contribution in [0.1, 0.15) is 5.56 Å². The van der Waals surface area contributed by atoms with Gasteiger partial charge in [-0.1, -0.05) is 53.5 Å². The number of rotatable bonds is 2. The second kappa shape index (κ2) is 7.36. The van der Waals surface area contributed by atoms with Crippen LogP contribution in [-0.2, 0) is 0 Å². The van der Waals surface area contributed by atoms with Gasteiger partial charge in [0.15, 0.2) is 0 Å². The van der Waals surface area contributed by atoms with Crippen LogP contribution in [0.25, 0.3) is 11.1 Å². The third-order valence-electron chi connectivity index (χ3n) is 2.79. The van der Waals surface area contributed by atoms with Crippen LogP contribution in [-0.4, -0.2) is 14.9 Å². The zero-order valence-corrected chi connectivity index (χ0v) is 11.5. The Bertz CT molecular complexity index is 777. The smallest absolute Gasteiger partial charge is 0.390 e. The molecule has 0 saturated carbocycles. The molecule has 0 atom stereocenters. The van der Waals surface area contributed by atoms with E-state index in [-0.39, 0.29) is 5.95 Å². The van der Waals surface area contributed by atoms with Crippen molar-refractivity contribution in [2.75, 3.05) is 0 Å². The van der Waals surface area contributed by atoms with Gasteiger partial charge in [-0.05, 0) is 22.1 Å². The zero-order valence-electron chi connectivity index (χ0n) is 11.5. The lowest BCUT2D eigenvalue weighted by Crippen LogP contribution is -1.88. The van der Waals surface area contributed by atoms with Gasteiger partial charge in [-0.3, -0.25) is 0 Å². The van der Waals surface area contributed by atoms with Gasteiger partial charge in [-0.15, -0.1) is 0 Å². The number of aromatic amines is 1. The fourth-order valence-electron chi connectivity index (χ4n) is 1.81. The van der Waals surface area contributed by atoms with Gasteiger partial charge in [0, 0.05) is 0 Å². The van der Waals surface area contributed by atoms with Gasteiger partial charge in [0.25, 0.3) is 0 Å². The van der Waals surface area contributed by atoms with Gasteiger partial charge < -0.3 is 10.1 Å². The standard InChI is InChI=1S/C13H9N.C3H3N3O2/c14-10-12-8-4-5-9-13(12)11-6-2-1-3-7-11;7-6(8)3-4-1-2-5-3/h1-9H;1-2H,(H,4,5). The van der Waals surface area contributed by atoms with Gasteiger partial charge >= 0.3 is 5.95 Å². The highest BCUT2D eigenvalue weighted by molar-refractivity contribution is 5.70. The third kappa shape index (κ3) is 3.77. The van der Waals surface area contributed by atoms with Crippen molar-refractivity contribution < 1.29 is 4.92 Å². The van der Waals surface area contributed by atoms with Crippen LogP contribution in [0.2, 0.25) is 0 Å². The molecule has 1 heterocycles. The molecule has 3 rings (SSSR count). The quantitative estimate of drug-likeness (QED) is 0.577. The van der Waals surface area contributed by atoms with E-state index in [1.54, 1.807) is 0 Å². The molecule has 6 nitrogen and oxygen atoms in total. The molecule has 0 aliphatic heterocycles. The molecule has 0 unspecified atom stereocenters. The van der Waals surface area contributed by atoms with E-state index in [1.165, 1.54) is 12.4 Å². The molecule has 0 spiro atoms. The fourth-order valence-corrected chi connectivity index (χ4v) is 1.81. The minimum absolute atomic E-state index is 0.218. The van der Waals surface area contributed by atoms with Crippen molar-refractivity contribution in [3.8, 4) is 17.2 Å². The van der Waals surface area contributed by atoms with Crippen LogP contribution in [0.5, 0.6) is 0 Å². The molecule has 1 N–H and O–H groups in total. The van der Waals surface area contributed by atoms with Crippen molar-refractivity contribution in [3.05, 3.63) is 82.7 Å². The highest BCUT2D eigenvalue weighted by Gasteiger charge is 2.02. The number of hydrogen-bond acceptors (Lipinski definition) is 4. The lowest BCUT2D eigenvalue weighted by atomic mass is 10.0. The molecule has 0 aliphatic rings. The van der Waals surface area contributed by atoms with Crippen molar-refractivity contribution in [2.24, 2.45) is 0 Å². The molecule has 0 amide bonds. The van der Waals surface area contributed by atoms with Crippen LogP contribution in [0, 0.1) is 21.4 Å². The minimum Gasteiger partial charge on any atom is -0.390 e. The van der Waals surface area contributed by atoms with E-state index in [1.807, 2.05) is 54.6 Å². The Morgan fingerprint density at radius 2 is 1.77 bits per heavy atom. The predicted octanol–water partition coefficient (Wildman–Crippen LogP) is 3.54. The van der Waals surface area contributed by atoms with E-state index in [0.717, 1.165) is 16.7 Å². The molecular weight excluding hydrogens is 280 g/mol. The van der Waals surface area contributed by atoms with Crippen LogP contribution in [0.4, 0.5) is 5.95 Å². The van der Waals surface area contributed by atoms with Crippen LogP contribution in [0.15, 0.2) is 67.0 Å². The first-order valence-electron chi connectivity index (χ1n) is 6.40. The number of aromatic nitrogens is 2. The molecule has 0 fully saturated rings. The van der Waals surface area contributed by atoms with E-state index in [0.29, 0.717) is 0 Å². The zero-order chi connectivity index (χ0) is 15.8. The molecule has 0 aliphatic carbocycles. The maximum atomic E-state index is 9.77. The molecule has 0 saturated heterocycles. The largest absolute Gasteiger partial charge is 0.432 e. The molecule has 108 valence electrons. The monoisotopic (exact) mass is 292 g/mol. The summed E-state index contributed by atoms with van der Waals surface area (Å²) in [6, 6.07) is 19.8. The summed E-state index contributed by atoms with van der Waals surface area (Å²) in [5.41, 5.74) is 2.80.